The molecule has 4 heteroatoms. The van der Waals surface area contributed by atoms with Gasteiger partial charge in [0.05, 0.1) is 19.8 Å². The molecule has 0 amide bonds. The van der Waals surface area contributed by atoms with Gasteiger partial charge < -0.3 is 14.9 Å². The standard InChI is InChI=1S/C7H12O4/c8-3-7(4-11-5-7)2-1-6(9)10/h8H,1-5H2,(H,9,10). The van der Waals surface area contributed by atoms with Gasteiger partial charge in [-0.2, -0.15) is 0 Å². The molecule has 0 spiro atoms. The number of carboxylic acid groups (broad SMARTS) is 1. The van der Waals surface area contributed by atoms with Crippen LogP contribution in [0.25, 0.3) is 0 Å². The Kier molecular flexibility index (Phi) is 2.46. The van der Waals surface area contributed by atoms with Gasteiger partial charge in [-0.3, -0.25) is 4.79 Å². The van der Waals surface area contributed by atoms with Crippen molar-refractivity contribution in [3.8, 4) is 0 Å². The Balaban J connectivity index is 2.27. The van der Waals surface area contributed by atoms with Crippen LogP contribution < -0.4 is 0 Å². The lowest BCUT2D eigenvalue weighted by Crippen LogP contribution is -2.45. The summed E-state index contributed by atoms with van der Waals surface area (Å²) >= 11 is 0. The fourth-order valence-electron chi connectivity index (χ4n) is 1.08. The zero-order chi connectivity index (χ0) is 8.32. The van der Waals surface area contributed by atoms with Gasteiger partial charge in [-0.25, -0.2) is 0 Å². The van der Waals surface area contributed by atoms with Gasteiger partial charge in [0.2, 0.25) is 0 Å². The molecule has 0 aromatic heterocycles. The number of rotatable bonds is 4. The second-order valence-electron chi connectivity index (χ2n) is 3.04. The summed E-state index contributed by atoms with van der Waals surface area (Å²) in [7, 11) is 0. The molecule has 64 valence electrons. The van der Waals surface area contributed by atoms with Crippen molar-refractivity contribution in [1.29, 1.82) is 0 Å². The number of aliphatic hydroxyl groups is 1. The van der Waals surface area contributed by atoms with E-state index < -0.39 is 5.97 Å². The lowest BCUT2D eigenvalue weighted by atomic mass is 9.82. The maximum absolute atomic E-state index is 10.2. The van der Waals surface area contributed by atoms with Gasteiger partial charge in [-0.1, -0.05) is 0 Å². The molecule has 11 heavy (non-hydrogen) atoms. The third-order valence-electron chi connectivity index (χ3n) is 2.02. The molecule has 1 aliphatic heterocycles. The van der Waals surface area contributed by atoms with Crippen LogP contribution in [-0.2, 0) is 9.53 Å². The Morgan fingerprint density at radius 3 is 2.45 bits per heavy atom. The van der Waals surface area contributed by atoms with Crippen LogP contribution in [0.15, 0.2) is 0 Å². The normalized spacial score (nSPS) is 20.8. The fourth-order valence-corrected chi connectivity index (χ4v) is 1.08. The molecule has 0 aromatic carbocycles. The Bertz CT molecular complexity index is 145. The third-order valence-corrected chi connectivity index (χ3v) is 2.02. The first-order valence-electron chi connectivity index (χ1n) is 3.59. The van der Waals surface area contributed by atoms with Crippen molar-refractivity contribution in [3.63, 3.8) is 0 Å². The van der Waals surface area contributed by atoms with Crippen LogP contribution in [0.2, 0.25) is 0 Å². The molecule has 4 nitrogen and oxygen atoms in total. The minimum absolute atomic E-state index is 0.0281. The molecule has 2 N–H and O–H groups in total. The van der Waals surface area contributed by atoms with Crippen LogP contribution in [-0.4, -0.2) is 36.0 Å². The SMILES string of the molecule is O=C(O)CCC1(CO)COC1. The average Bonchev–Trinajstić information content (AvgIpc) is 1.86. The van der Waals surface area contributed by atoms with Gasteiger partial charge in [-0.05, 0) is 6.42 Å². The molecule has 1 aliphatic rings. The molecular formula is C7H12O4. The molecule has 0 radical (unpaired) electrons. The van der Waals surface area contributed by atoms with E-state index in [4.69, 9.17) is 14.9 Å². The summed E-state index contributed by atoms with van der Waals surface area (Å²) in [4.78, 5) is 10.2. The second-order valence-corrected chi connectivity index (χ2v) is 3.04. The average molecular weight is 160 g/mol. The van der Waals surface area contributed by atoms with Crippen molar-refractivity contribution in [2.24, 2.45) is 5.41 Å². The highest BCUT2D eigenvalue weighted by Gasteiger charge is 2.37. The Hall–Kier alpha value is -0.610. The van der Waals surface area contributed by atoms with E-state index in [1.165, 1.54) is 0 Å². The molecule has 1 fully saturated rings. The predicted octanol–water partition coefficient (Wildman–Crippen LogP) is -0.140. The van der Waals surface area contributed by atoms with Crippen LogP contribution in [0, 0.1) is 5.41 Å². The molecule has 1 saturated heterocycles. The Morgan fingerprint density at radius 2 is 2.18 bits per heavy atom. The Labute approximate surface area is 64.8 Å². The highest BCUT2D eigenvalue weighted by Crippen LogP contribution is 2.31. The largest absolute Gasteiger partial charge is 0.481 e. The number of hydrogen-bond donors (Lipinski definition) is 2. The number of carboxylic acids is 1. The zero-order valence-corrected chi connectivity index (χ0v) is 6.25. The van der Waals surface area contributed by atoms with Crippen molar-refractivity contribution in [3.05, 3.63) is 0 Å². The lowest BCUT2D eigenvalue weighted by Gasteiger charge is -2.39. The summed E-state index contributed by atoms with van der Waals surface area (Å²) < 4.78 is 4.91. The summed E-state index contributed by atoms with van der Waals surface area (Å²) in [6, 6.07) is 0. The molecule has 0 saturated carbocycles. The van der Waals surface area contributed by atoms with Crippen LogP contribution in [0.3, 0.4) is 0 Å². The van der Waals surface area contributed by atoms with Crippen LogP contribution in [0.5, 0.6) is 0 Å². The van der Waals surface area contributed by atoms with E-state index in [0.717, 1.165) is 0 Å². The molecule has 1 heterocycles. The topological polar surface area (TPSA) is 66.8 Å². The van der Waals surface area contributed by atoms with Crippen LogP contribution >= 0.6 is 0 Å². The number of aliphatic carboxylic acids is 1. The van der Waals surface area contributed by atoms with Crippen molar-refractivity contribution in [2.75, 3.05) is 19.8 Å². The van der Waals surface area contributed by atoms with Gasteiger partial charge in [0.25, 0.3) is 0 Å². The minimum Gasteiger partial charge on any atom is -0.481 e. The maximum Gasteiger partial charge on any atom is 0.303 e. The van der Waals surface area contributed by atoms with Gasteiger partial charge in [-0.15, -0.1) is 0 Å². The predicted molar refractivity (Wildman–Crippen MR) is 37.2 cm³/mol. The zero-order valence-electron chi connectivity index (χ0n) is 6.25. The second kappa shape index (κ2) is 3.19. The smallest absolute Gasteiger partial charge is 0.303 e. The van der Waals surface area contributed by atoms with E-state index in [0.29, 0.717) is 19.6 Å². The van der Waals surface area contributed by atoms with E-state index in [9.17, 15) is 4.79 Å². The first-order chi connectivity index (χ1) is 5.18. The highest BCUT2D eigenvalue weighted by atomic mass is 16.5. The molecule has 1 rings (SSSR count). The number of ether oxygens (including phenoxy) is 1. The van der Waals surface area contributed by atoms with E-state index in [1.807, 2.05) is 0 Å². The number of hydrogen-bond acceptors (Lipinski definition) is 3. The lowest BCUT2D eigenvalue weighted by molar-refractivity contribution is -0.152. The Morgan fingerprint density at radius 1 is 1.55 bits per heavy atom. The van der Waals surface area contributed by atoms with Gasteiger partial charge in [0.1, 0.15) is 0 Å². The van der Waals surface area contributed by atoms with E-state index in [1.54, 1.807) is 0 Å². The molecule has 0 atom stereocenters. The van der Waals surface area contributed by atoms with Crippen LogP contribution in [0.4, 0.5) is 0 Å². The molecular weight excluding hydrogens is 148 g/mol. The third kappa shape index (κ3) is 1.91. The molecule has 0 unspecified atom stereocenters. The van der Waals surface area contributed by atoms with E-state index in [2.05, 4.69) is 0 Å². The van der Waals surface area contributed by atoms with Gasteiger partial charge in [0, 0.05) is 11.8 Å². The van der Waals surface area contributed by atoms with Crippen molar-refractivity contribution in [2.45, 2.75) is 12.8 Å². The minimum atomic E-state index is -0.815. The van der Waals surface area contributed by atoms with Crippen molar-refractivity contribution in [1.82, 2.24) is 0 Å². The summed E-state index contributed by atoms with van der Waals surface area (Å²) in [5.41, 5.74) is -0.252. The monoisotopic (exact) mass is 160 g/mol. The number of carbonyl (C=O) groups is 1. The van der Waals surface area contributed by atoms with Gasteiger partial charge in [0.15, 0.2) is 0 Å². The molecule has 0 aliphatic carbocycles. The summed E-state index contributed by atoms with van der Waals surface area (Å²) in [6.07, 6.45) is 0.628. The van der Waals surface area contributed by atoms with Crippen molar-refractivity contribution >= 4 is 5.97 Å². The maximum atomic E-state index is 10.2. The van der Waals surface area contributed by atoms with Crippen LogP contribution in [0.1, 0.15) is 12.8 Å². The van der Waals surface area contributed by atoms with Gasteiger partial charge >= 0.3 is 5.97 Å². The summed E-state index contributed by atoms with van der Waals surface area (Å²) in [5.74, 6) is -0.815. The molecule has 0 aromatic rings. The number of aliphatic hydroxyl groups excluding tert-OH is 1. The molecule has 0 bridgehead atoms. The summed E-state index contributed by atoms with van der Waals surface area (Å²) in [5, 5.41) is 17.2. The first-order valence-corrected chi connectivity index (χ1v) is 3.59. The van der Waals surface area contributed by atoms with E-state index >= 15 is 0 Å². The fraction of sp³-hybridized carbons (Fsp3) is 0.857. The highest BCUT2D eigenvalue weighted by molar-refractivity contribution is 5.66. The first kappa shape index (κ1) is 8.49. The quantitative estimate of drug-likeness (QED) is 0.600. The van der Waals surface area contributed by atoms with Crippen molar-refractivity contribution < 1.29 is 19.7 Å². The summed E-state index contributed by atoms with van der Waals surface area (Å²) in [6.45, 7) is 1.02. The van der Waals surface area contributed by atoms with E-state index in [-0.39, 0.29) is 18.4 Å².